The third-order valence-corrected chi connectivity index (χ3v) is 3.47. The van der Waals surface area contributed by atoms with E-state index in [-0.39, 0.29) is 11.3 Å². The molecule has 0 bridgehead atoms. The van der Waals surface area contributed by atoms with E-state index in [1.807, 2.05) is 6.07 Å². The Morgan fingerprint density at radius 3 is 2.43 bits per heavy atom. The lowest BCUT2D eigenvalue weighted by molar-refractivity contribution is -0.384. The first-order chi connectivity index (χ1) is 11.0. The molecule has 2 N–H and O–H groups in total. The molecular weight excluding hydrogens is 296 g/mol. The number of nitriles is 1. The summed E-state index contributed by atoms with van der Waals surface area (Å²) in [6.45, 7) is 0. The zero-order valence-corrected chi connectivity index (χ0v) is 11.8. The second kappa shape index (κ2) is 5.27. The molecule has 23 heavy (non-hydrogen) atoms. The third-order valence-electron chi connectivity index (χ3n) is 3.47. The number of nitrogens with two attached hydrogens (primary N) is 1. The van der Waals surface area contributed by atoms with Gasteiger partial charge in [0.05, 0.1) is 10.4 Å². The first-order valence-electron chi connectivity index (χ1n) is 6.61. The van der Waals surface area contributed by atoms with E-state index in [1.54, 1.807) is 18.2 Å². The Bertz CT molecular complexity index is 1030. The van der Waals surface area contributed by atoms with Gasteiger partial charge in [0.25, 0.3) is 11.2 Å². The fraction of sp³-hybridized carbons (Fsp3) is 0. The predicted octanol–water partition coefficient (Wildman–Crippen LogP) is 2.35. The van der Waals surface area contributed by atoms with Crippen molar-refractivity contribution < 1.29 is 4.92 Å². The van der Waals surface area contributed by atoms with Crippen molar-refractivity contribution in [1.29, 1.82) is 5.26 Å². The van der Waals surface area contributed by atoms with Crippen LogP contribution in [0.5, 0.6) is 0 Å². The number of nitrogen functional groups attached to an aromatic ring is 1. The van der Waals surface area contributed by atoms with Crippen LogP contribution in [0.3, 0.4) is 0 Å². The van der Waals surface area contributed by atoms with Crippen molar-refractivity contribution in [2.24, 2.45) is 0 Å². The Balaban J connectivity index is 2.37. The van der Waals surface area contributed by atoms with E-state index in [2.05, 4.69) is 0 Å². The predicted molar refractivity (Wildman–Crippen MR) is 85.3 cm³/mol. The summed E-state index contributed by atoms with van der Waals surface area (Å²) < 4.78 is 1.33. The fourth-order valence-electron chi connectivity index (χ4n) is 2.38. The minimum absolute atomic E-state index is 0.0133. The van der Waals surface area contributed by atoms with E-state index in [0.717, 1.165) is 0 Å². The van der Waals surface area contributed by atoms with Crippen LogP contribution in [0, 0.1) is 21.4 Å². The number of benzene rings is 2. The van der Waals surface area contributed by atoms with Gasteiger partial charge in [0.2, 0.25) is 0 Å². The molecule has 0 saturated heterocycles. The quantitative estimate of drug-likeness (QED) is 0.443. The van der Waals surface area contributed by atoms with Crippen molar-refractivity contribution in [3.63, 3.8) is 0 Å². The third kappa shape index (κ3) is 2.38. The van der Waals surface area contributed by atoms with Crippen LogP contribution >= 0.6 is 0 Å². The lowest BCUT2D eigenvalue weighted by atomic mass is 10.1. The molecule has 1 heterocycles. The molecule has 0 amide bonds. The van der Waals surface area contributed by atoms with Crippen molar-refractivity contribution in [1.82, 2.24) is 4.57 Å². The van der Waals surface area contributed by atoms with Crippen LogP contribution in [0.15, 0.2) is 53.3 Å². The number of nitrogens with zero attached hydrogens (tertiary/aromatic N) is 3. The molecule has 0 aliphatic rings. The van der Waals surface area contributed by atoms with Gasteiger partial charge in [0.15, 0.2) is 0 Å². The van der Waals surface area contributed by atoms with Gasteiger partial charge < -0.3 is 5.73 Å². The Morgan fingerprint density at radius 2 is 1.83 bits per heavy atom. The molecule has 1 aromatic heterocycles. The number of hydrogen-bond donors (Lipinski definition) is 1. The highest BCUT2D eigenvalue weighted by molar-refractivity contribution is 5.84. The average Bonchev–Trinajstić information content (AvgIpc) is 2.54. The van der Waals surface area contributed by atoms with Crippen LogP contribution in [-0.2, 0) is 0 Å². The molecular formula is C16H10N4O3. The summed E-state index contributed by atoms with van der Waals surface area (Å²) in [5, 5.41) is 20.6. The maximum atomic E-state index is 12.5. The smallest absolute Gasteiger partial charge is 0.273 e. The van der Waals surface area contributed by atoms with Crippen molar-refractivity contribution in [3.05, 3.63) is 74.6 Å². The minimum Gasteiger partial charge on any atom is -0.399 e. The summed E-state index contributed by atoms with van der Waals surface area (Å²) in [6, 6.07) is 13.9. The van der Waals surface area contributed by atoms with Crippen LogP contribution < -0.4 is 11.3 Å². The normalized spacial score (nSPS) is 10.4. The number of nitro groups is 1. The summed E-state index contributed by atoms with van der Waals surface area (Å²) in [5.74, 6) is 0. The summed E-state index contributed by atoms with van der Waals surface area (Å²) in [6.07, 6.45) is 0. The SMILES string of the molecule is N#Cc1cc2ccc(N)cc2n(-c2ccc([N+](=O)[O-])cc2)c1=O. The molecule has 0 aliphatic carbocycles. The number of aromatic nitrogens is 1. The maximum Gasteiger partial charge on any atom is 0.273 e. The molecule has 2 aromatic carbocycles. The number of hydrogen-bond acceptors (Lipinski definition) is 5. The van der Waals surface area contributed by atoms with Gasteiger partial charge in [-0.05, 0) is 30.3 Å². The summed E-state index contributed by atoms with van der Waals surface area (Å²) >= 11 is 0. The average molecular weight is 306 g/mol. The number of nitro benzene ring substituents is 1. The van der Waals surface area contributed by atoms with Gasteiger partial charge >= 0.3 is 0 Å². The molecule has 0 fully saturated rings. The number of pyridine rings is 1. The highest BCUT2D eigenvalue weighted by Crippen LogP contribution is 2.22. The van der Waals surface area contributed by atoms with Gasteiger partial charge in [-0.2, -0.15) is 5.26 Å². The topological polar surface area (TPSA) is 115 Å². The molecule has 7 nitrogen and oxygen atoms in total. The summed E-state index contributed by atoms with van der Waals surface area (Å²) in [5.41, 5.74) is 6.61. The first-order valence-corrected chi connectivity index (χ1v) is 6.61. The molecule has 112 valence electrons. The number of fused-ring (bicyclic) bond motifs is 1. The van der Waals surface area contributed by atoms with Crippen molar-refractivity contribution in [2.45, 2.75) is 0 Å². The van der Waals surface area contributed by atoms with Crippen LogP contribution in [0.2, 0.25) is 0 Å². The number of rotatable bonds is 2. The zero-order chi connectivity index (χ0) is 16.6. The van der Waals surface area contributed by atoms with Gasteiger partial charge in [-0.3, -0.25) is 19.5 Å². The van der Waals surface area contributed by atoms with Gasteiger partial charge in [0, 0.05) is 28.9 Å². The molecule has 0 radical (unpaired) electrons. The Labute approximate surface area is 130 Å². The van der Waals surface area contributed by atoms with E-state index in [1.165, 1.54) is 34.9 Å². The van der Waals surface area contributed by atoms with Crippen LogP contribution in [-0.4, -0.2) is 9.49 Å². The highest BCUT2D eigenvalue weighted by Gasteiger charge is 2.12. The van der Waals surface area contributed by atoms with E-state index >= 15 is 0 Å². The highest BCUT2D eigenvalue weighted by atomic mass is 16.6. The Morgan fingerprint density at radius 1 is 1.13 bits per heavy atom. The molecule has 0 atom stereocenters. The summed E-state index contributed by atoms with van der Waals surface area (Å²) in [7, 11) is 0. The van der Waals surface area contributed by atoms with Crippen LogP contribution in [0.4, 0.5) is 11.4 Å². The van der Waals surface area contributed by atoms with Crippen molar-refractivity contribution in [2.75, 3.05) is 5.73 Å². The Kier molecular flexibility index (Phi) is 3.27. The van der Waals surface area contributed by atoms with Crippen molar-refractivity contribution >= 4 is 22.3 Å². The molecule has 3 rings (SSSR count). The van der Waals surface area contributed by atoms with Gasteiger partial charge in [-0.1, -0.05) is 6.07 Å². The van der Waals surface area contributed by atoms with Crippen molar-refractivity contribution in [3.8, 4) is 11.8 Å². The first kappa shape index (κ1) is 14.3. The number of non-ortho nitro benzene ring substituents is 1. The molecule has 0 saturated carbocycles. The molecule has 7 heteroatoms. The lowest BCUT2D eigenvalue weighted by Gasteiger charge is -2.11. The zero-order valence-electron chi connectivity index (χ0n) is 11.8. The molecule has 0 spiro atoms. The van der Waals surface area contributed by atoms with E-state index in [0.29, 0.717) is 22.3 Å². The Hall–Kier alpha value is -3.66. The monoisotopic (exact) mass is 306 g/mol. The summed E-state index contributed by atoms with van der Waals surface area (Å²) in [4.78, 5) is 22.7. The van der Waals surface area contributed by atoms with Gasteiger partial charge in [0.1, 0.15) is 11.6 Å². The lowest BCUT2D eigenvalue weighted by Crippen LogP contribution is -2.21. The van der Waals surface area contributed by atoms with E-state index < -0.39 is 10.5 Å². The molecule has 0 aliphatic heterocycles. The van der Waals surface area contributed by atoms with E-state index in [9.17, 15) is 14.9 Å². The minimum atomic E-state index is -0.519. The standard InChI is InChI=1S/C16H10N4O3/c17-9-11-7-10-1-2-12(18)8-15(10)19(16(11)21)13-3-5-14(6-4-13)20(22)23/h1-8H,18H2. The van der Waals surface area contributed by atoms with Gasteiger partial charge in [-0.25, -0.2) is 0 Å². The number of anilines is 1. The fourth-order valence-corrected chi connectivity index (χ4v) is 2.38. The maximum absolute atomic E-state index is 12.5. The molecule has 0 unspecified atom stereocenters. The largest absolute Gasteiger partial charge is 0.399 e. The van der Waals surface area contributed by atoms with Gasteiger partial charge in [-0.15, -0.1) is 0 Å². The second-order valence-corrected chi connectivity index (χ2v) is 4.90. The van der Waals surface area contributed by atoms with Crippen LogP contribution in [0.1, 0.15) is 5.56 Å². The van der Waals surface area contributed by atoms with Crippen LogP contribution in [0.25, 0.3) is 16.6 Å². The molecule has 3 aromatic rings. The second-order valence-electron chi connectivity index (χ2n) is 4.90. The van der Waals surface area contributed by atoms with E-state index in [4.69, 9.17) is 11.0 Å².